The highest BCUT2D eigenvalue weighted by Gasteiger charge is 2.59. The second-order valence-electron chi connectivity index (χ2n) is 9.97. The first-order valence-corrected chi connectivity index (χ1v) is 11.2. The zero-order valence-corrected chi connectivity index (χ0v) is 17.6. The van der Waals surface area contributed by atoms with E-state index in [1.165, 1.54) is 6.07 Å². The number of likely N-dealkylation sites (tertiary alicyclic amines) is 1. The second-order valence-corrected chi connectivity index (χ2v) is 9.97. The molecule has 4 aliphatic carbocycles. The molecule has 1 aliphatic heterocycles. The molecule has 3 atom stereocenters. The summed E-state index contributed by atoms with van der Waals surface area (Å²) in [6, 6.07) is 2.18. The van der Waals surface area contributed by atoms with Crippen LogP contribution in [-0.4, -0.2) is 47.1 Å². The van der Waals surface area contributed by atoms with E-state index < -0.39 is 17.2 Å². The van der Waals surface area contributed by atoms with Crippen molar-refractivity contribution in [2.75, 3.05) is 18.4 Å². The number of nitrogens with one attached hydrogen (secondary N) is 1. The molecule has 5 aliphatic rings. The Morgan fingerprint density at radius 2 is 1.91 bits per heavy atom. The molecule has 1 unspecified atom stereocenters. The Morgan fingerprint density at radius 3 is 2.50 bits per heavy atom. The van der Waals surface area contributed by atoms with Gasteiger partial charge in [0.05, 0.1) is 11.0 Å². The summed E-state index contributed by atoms with van der Waals surface area (Å²) in [4.78, 5) is 30.4. The molecular formula is C22H27F3N4O3. The molecule has 174 valence electrons. The fraction of sp³-hybridized carbons (Fsp3) is 0.682. The number of primary amides is 1. The molecule has 0 radical (unpaired) electrons. The number of ether oxygens (including phenoxy) is 1. The number of halogens is 3. The first-order valence-electron chi connectivity index (χ1n) is 11.2. The highest BCUT2D eigenvalue weighted by atomic mass is 19.4. The van der Waals surface area contributed by atoms with E-state index in [4.69, 9.17) is 10.5 Å². The number of anilines is 1. The van der Waals surface area contributed by atoms with Gasteiger partial charge in [0.2, 0.25) is 5.91 Å². The van der Waals surface area contributed by atoms with Crippen molar-refractivity contribution in [2.45, 2.75) is 56.8 Å². The standard InChI is InChI=1S/C22H27F3N4O3/c23-22(24,25)15-1-2-17(27-10-15)28-16-3-4-29(11-16)20(31)32-18-13-5-12-6-14(18)9-21(7-12,8-13)19(26)30/h1-2,10,12-14,16,18H,3-9,11H2,(H2,26,30)(H,27,28)/t12?,13-,14-,16?,18?,21?/m0/s1. The first kappa shape index (κ1) is 21.3. The van der Waals surface area contributed by atoms with E-state index in [2.05, 4.69) is 10.3 Å². The van der Waals surface area contributed by atoms with Gasteiger partial charge in [-0.25, -0.2) is 9.78 Å². The van der Waals surface area contributed by atoms with Crippen LogP contribution in [0.1, 0.15) is 44.1 Å². The van der Waals surface area contributed by atoms with E-state index in [1.807, 2.05) is 0 Å². The van der Waals surface area contributed by atoms with Gasteiger partial charge in [-0.1, -0.05) is 0 Å². The zero-order valence-electron chi connectivity index (χ0n) is 17.6. The lowest BCUT2D eigenvalue weighted by molar-refractivity contribution is -0.161. The average molecular weight is 452 g/mol. The molecule has 1 aromatic heterocycles. The Kier molecular flexibility index (Phi) is 5.01. The maximum Gasteiger partial charge on any atom is 0.417 e. The van der Waals surface area contributed by atoms with Crippen molar-refractivity contribution >= 4 is 17.8 Å². The summed E-state index contributed by atoms with van der Waals surface area (Å²) in [5.41, 5.74) is 4.51. The van der Waals surface area contributed by atoms with Crippen LogP contribution >= 0.6 is 0 Å². The van der Waals surface area contributed by atoms with Crippen LogP contribution in [0.3, 0.4) is 0 Å². The van der Waals surface area contributed by atoms with Crippen LogP contribution in [0.4, 0.5) is 23.8 Å². The summed E-state index contributed by atoms with van der Waals surface area (Å²) < 4.78 is 44.0. The fourth-order valence-electron chi connectivity index (χ4n) is 6.56. The van der Waals surface area contributed by atoms with Crippen LogP contribution in [-0.2, 0) is 15.7 Å². The Morgan fingerprint density at radius 1 is 1.19 bits per heavy atom. The van der Waals surface area contributed by atoms with Gasteiger partial charge in [0.15, 0.2) is 0 Å². The Hall–Kier alpha value is -2.52. The largest absolute Gasteiger partial charge is 0.446 e. The van der Waals surface area contributed by atoms with Crippen LogP contribution < -0.4 is 11.1 Å². The van der Waals surface area contributed by atoms with Gasteiger partial charge < -0.3 is 20.7 Å². The number of carbonyl (C=O) groups excluding carboxylic acids is 2. The van der Waals surface area contributed by atoms with Gasteiger partial charge in [-0.2, -0.15) is 13.2 Å². The molecule has 4 saturated carbocycles. The number of nitrogens with two attached hydrogens (primary N) is 1. The molecule has 0 aromatic carbocycles. The molecule has 2 heterocycles. The quantitative estimate of drug-likeness (QED) is 0.730. The number of aromatic nitrogens is 1. The zero-order chi connectivity index (χ0) is 22.7. The number of nitrogens with zero attached hydrogens (tertiary/aromatic N) is 2. The molecule has 7 nitrogen and oxygen atoms in total. The Bertz CT molecular complexity index is 891. The number of alkyl halides is 3. The van der Waals surface area contributed by atoms with E-state index in [-0.39, 0.29) is 36.0 Å². The molecule has 6 rings (SSSR count). The van der Waals surface area contributed by atoms with Crippen molar-refractivity contribution in [2.24, 2.45) is 28.9 Å². The van der Waals surface area contributed by atoms with Crippen LogP contribution in [0, 0.1) is 23.2 Å². The smallest absolute Gasteiger partial charge is 0.417 e. The van der Waals surface area contributed by atoms with Crippen molar-refractivity contribution in [3.8, 4) is 0 Å². The molecule has 4 bridgehead atoms. The van der Waals surface area contributed by atoms with E-state index in [1.54, 1.807) is 4.90 Å². The average Bonchev–Trinajstić information content (AvgIpc) is 3.18. The maximum absolute atomic E-state index is 12.8. The summed E-state index contributed by atoms with van der Waals surface area (Å²) in [7, 11) is 0. The van der Waals surface area contributed by atoms with Gasteiger partial charge in [-0.05, 0) is 68.4 Å². The molecule has 10 heteroatoms. The van der Waals surface area contributed by atoms with Crippen LogP contribution in [0.5, 0.6) is 0 Å². The minimum atomic E-state index is -4.42. The number of pyridine rings is 1. The predicted molar refractivity (Wildman–Crippen MR) is 108 cm³/mol. The third kappa shape index (κ3) is 3.77. The SMILES string of the molecule is NC(=O)C12CC3C[C@@H](C1)C(OC(=O)N1CCC(Nc4ccc(C(F)(F)F)cn4)C1)[C@@H](C3)C2. The van der Waals surface area contributed by atoms with E-state index >= 15 is 0 Å². The van der Waals surface area contributed by atoms with Gasteiger partial charge in [0, 0.05) is 25.3 Å². The van der Waals surface area contributed by atoms with Crippen molar-refractivity contribution in [1.82, 2.24) is 9.88 Å². The number of hydrogen-bond donors (Lipinski definition) is 2. The first-order chi connectivity index (χ1) is 15.1. The third-order valence-electron chi connectivity index (χ3n) is 7.84. The number of amides is 2. The lowest BCUT2D eigenvalue weighted by atomic mass is 9.48. The normalized spacial score (nSPS) is 35.7. The van der Waals surface area contributed by atoms with Crippen molar-refractivity contribution in [3.05, 3.63) is 23.9 Å². The maximum atomic E-state index is 12.8. The van der Waals surface area contributed by atoms with Gasteiger partial charge in [-0.15, -0.1) is 0 Å². The van der Waals surface area contributed by atoms with Gasteiger partial charge in [0.25, 0.3) is 0 Å². The summed E-state index contributed by atoms with van der Waals surface area (Å²) in [6.45, 7) is 0.907. The Balaban J connectivity index is 1.16. The molecule has 32 heavy (non-hydrogen) atoms. The lowest BCUT2D eigenvalue weighted by Crippen LogP contribution is -2.59. The van der Waals surface area contributed by atoms with Crippen molar-refractivity contribution in [1.29, 1.82) is 0 Å². The Labute approximate surface area is 183 Å². The van der Waals surface area contributed by atoms with E-state index in [0.717, 1.165) is 31.5 Å². The lowest BCUT2D eigenvalue weighted by Gasteiger charge is -2.58. The van der Waals surface area contributed by atoms with Crippen LogP contribution in [0.15, 0.2) is 18.3 Å². The molecule has 0 spiro atoms. The van der Waals surface area contributed by atoms with Crippen LogP contribution in [0.2, 0.25) is 0 Å². The molecule has 2 amide bonds. The highest BCUT2D eigenvalue weighted by molar-refractivity contribution is 5.81. The summed E-state index contributed by atoms with van der Waals surface area (Å²) in [5, 5.41) is 3.10. The van der Waals surface area contributed by atoms with Gasteiger partial charge in [-0.3, -0.25) is 4.79 Å². The molecule has 1 aromatic rings. The third-order valence-corrected chi connectivity index (χ3v) is 7.84. The molecular weight excluding hydrogens is 425 g/mol. The minimum absolute atomic E-state index is 0.108. The number of hydrogen-bond acceptors (Lipinski definition) is 5. The number of carbonyl (C=O) groups is 2. The van der Waals surface area contributed by atoms with Crippen LogP contribution in [0.25, 0.3) is 0 Å². The molecule has 3 N–H and O–H groups in total. The van der Waals surface area contributed by atoms with Crippen molar-refractivity contribution in [3.63, 3.8) is 0 Å². The fourth-order valence-corrected chi connectivity index (χ4v) is 6.56. The molecule has 1 saturated heterocycles. The predicted octanol–water partition coefficient (Wildman–Crippen LogP) is 3.40. The van der Waals surface area contributed by atoms with E-state index in [0.29, 0.717) is 44.1 Å². The van der Waals surface area contributed by atoms with Crippen molar-refractivity contribution < 1.29 is 27.5 Å². The summed E-state index contributed by atoms with van der Waals surface area (Å²) in [5.74, 6) is 0.991. The highest BCUT2D eigenvalue weighted by Crippen LogP contribution is 2.60. The summed E-state index contributed by atoms with van der Waals surface area (Å²) >= 11 is 0. The topological polar surface area (TPSA) is 97.6 Å². The van der Waals surface area contributed by atoms with E-state index in [9.17, 15) is 22.8 Å². The van der Waals surface area contributed by atoms with Gasteiger partial charge in [0.1, 0.15) is 11.9 Å². The van der Waals surface area contributed by atoms with Gasteiger partial charge >= 0.3 is 12.3 Å². The second kappa shape index (κ2) is 7.52. The minimum Gasteiger partial charge on any atom is -0.446 e. The summed E-state index contributed by atoms with van der Waals surface area (Å²) in [6.07, 6.45) is 0.739. The molecule has 5 fully saturated rings. The monoisotopic (exact) mass is 452 g/mol. The number of rotatable bonds is 4.